The summed E-state index contributed by atoms with van der Waals surface area (Å²) in [5.41, 5.74) is -1.15. The SMILES string of the molecule is COC(=O)c1cnc(CBr)c(C#N)c1C(F)F. The zero-order valence-corrected chi connectivity index (χ0v) is 10.3. The number of nitrogens with zero attached hydrogens (tertiary/aromatic N) is 2. The van der Waals surface area contributed by atoms with E-state index in [1.807, 2.05) is 0 Å². The molecule has 0 atom stereocenters. The lowest BCUT2D eigenvalue weighted by Gasteiger charge is -2.10. The molecule has 0 aromatic carbocycles. The van der Waals surface area contributed by atoms with Crippen LogP contribution in [-0.4, -0.2) is 18.1 Å². The Hall–Kier alpha value is -1.55. The van der Waals surface area contributed by atoms with E-state index in [0.29, 0.717) is 0 Å². The molecule has 0 N–H and O–H groups in total. The molecule has 0 aliphatic rings. The third-order valence-corrected chi connectivity index (χ3v) is 2.59. The maximum absolute atomic E-state index is 12.9. The Morgan fingerprint density at radius 1 is 1.71 bits per heavy atom. The van der Waals surface area contributed by atoms with Crippen molar-refractivity contribution < 1.29 is 18.3 Å². The van der Waals surface area contributed by atoms with Gasteiger partial charge in [-0.3, -0.25) is 4.98 Å². The summed E-state index contributed by atoms with van der Waals surface area (Å²) >= 11 is 3.04. The van der Waals surface area contributed by atoms with E-state index < -0.39 is 18.0 Å². The van der Waals surface area contributed by atoms with Crippen LogP contribution >= 0.6 is 15.9 Å². The predicted octanol–water partition coefficient (Wildman–Crippen LogP) is 2.57. The van der Waals surface area contributed by atoms with Gasteiger partial charge in [0.25, 0.3) is 6.43 Å². The van der Waals surface area contributed by atoms with Gasteiger partial charge in [0.15, 0.2) is 0 Å². The number of pyridine rings is 1. The van der Waals surface area contributed by atoms with Gasteiger partial charge < -0.3 is 4.74 Å². The smallest absolute Gasteiger partial charge is 0.339 e. The van der Waals surface area contributed by atoms with Crippen LogP contribution in [0.4, 0.5) is 8.78 Å². The molecule has 0 aliphatic carbocycles. The van der Waals surface area contributed by atoms with E-state index in [-0.39, 0.29) is 22.2 Å². The molecule has 90 valence electrons. The number of hydrogen-bond acceptors (Lipinski definition) is 4. The van der Waals surface area contributed by atoms with Gasteiger partial charge >= 0.3 is 5.97 Å². The van der Waals surface area contributed by atoms with Crippen LogP contribution in [-0.2, 0) is 10.1 Å². The minimum absolute atomic E-state index is 0.150. The second-order valence-corrected chi connectivity index (χ2v) is 3.51. The van der Waals surface area contributed by atoms with E-state index >= 15 is 0 Å². The summed E-state index contributed by atoms with van der Waals surface area (Å²) in [6.07, 6.45) is -1.95. The number of carbonyl (C=O) groups excluding carboxylic acids is 1. The minimum Gasteiger partial charge on any atom is -0.465 e. The van der Waals surface area contributed by atoms with Gasteiger partial charge in [0.05, 0.1) is 29.5 Å². The van der Waals surface area contributed by atoms with Gasteiger partial charge in [-0.15, -0.1) is 0 Å². The highest BCUT2D eigenvalue weighted by molar-refractivity contribution is 9.08. The molecule has 0 saturated heterocycles. The van der Waals surface area contributed by atoms with Gasteiger partial charge in [-0.05, 0) is 0 Å². The summed E-state index contributed by atoms with van der Waals surface area (Å²) in [6, 6.07) is 1.64. The summed E-state index contributed by atoms with van der Waals surface area (Å²) in [6.45, 7) is 0. The van der Waals surface area contributed by atoms with Crippen LogP contribution in [0, 0.1) is 11.3 Å². The van der Waals surface area contributed by atoms with Crippen LogP contribution in [0.2, 0.25) is 0 Å². The second kappa shape index (κ2) is 5.68. The van der Waals surface area contributed by atoms with Gasteiger partial charge in [-0.25, -0.2) is 13.6 Å². The fourth-order valence-corrected chi connectivity index (χ4v) is 1.72. The predicted molar refractivity (Wildman–Crippen MR) is 57.9 cm³/mol. The monoisotopic (exact) mass is 304 g/mol. The largest absolute Gasteiger partial charge is 0.465 e. The molecule has 17 heavy (non-hydrogen) atoms. The Morgan fingerprint density at radius 2 is 2.35 bits per heavy atom. The zero-order valence-electron chi connectivity index (χ0n) is 8.71. The highest BCUT2D eigenvalue weighted by Crippen LogP contribution is 2.29. The normalized spacial score (nSPS) is 10.1. The maximum Gasteiger partial charge on any atom is 0.339 e. The van der Waals surface area contributed by atoms with E-state index in [0.717, 1.165) is 13.3 Å². The number of carbonyl (C=O) groups is 1. The molecule has 0 spiro atoms. The number of halogens is 3. The number of rotatable bonds is 3. The molecule has 1 heterocycles. The topological polar surface area (TPSA) is 63.0 Å². The number of esters is 1. The molecular formula is C10H7BrF2N2O2. The molecule has 0 saturated carbocycles. The van der Waals surface area contributed by atoms with Crippen molar-refractivity contribution >= 4 is 21.9 Å². The molecule has 0 radical (unpaired) electrons. The highest BCUT2D eigenvalue weighted by atomic mass is 79.9. The lowest BCUT2D eigenvalue weighted by atomic mass is 10.0. The first-order chi connectivity index (χ1) is 8.06. The molecule has 1 rings (SSSR count). The van der Waals surface area contributed by atoms with Crippen molar-refractivity contribution in [2.45, 2.75) is 11.8 Å². The lowest BCUT2D eigenvalue weighted by molar-refractivity contribution is 0.0588. The Labute approximate surface area is 104 Å². The van der Waals surface area contributed by atoms with Gasteiger partial charge in [-0.1, -0.05) is 15.9 Å². The Balaban J connectivity index is 3.55. The van der Waals surface area contributed by atoms with Crippen LogP contribution in [0.1, 0.15) is 33.6 Å². The zero-order chi connectivity index (χ0) is 13.0. The van der Waals surface area contributed by atoms with E-state index in [1.54, 1.807) is 6.07 Å². The fourth-order valence-electron chi connectivity index (χ4n) is 1.29. The molecule has 7 heteroatoms. The molecule has 0 amide bonds. The van der Waals surface area contributed by atoms with Crippen molar-refractivity contribution in [3.8, 4) is 6.07 Å². The number of ether oxygens (including phenoxy) is 1. The minimum atomic E-state index is -2.94. The summed E-state index contributed by atoms with van der Waals surface area (Å²) in [5.74, 6) is -0.939. The average molecular weight is 305 g/mol. The van der Waals surface area contributed by atoms with Crippen LogP contribution in [0.5, 0.6) is 0 Å². The Morgan fingerprint density at radius 3 is 2.76 bits per heavy atom. The van der Waals surface area contributed by atoms with Gasteiger partial charge in [0.2, 0.25) is 0 Å². The van der Waals surface area contributed by atoms with Gasteiger partial charge in [0.1, 0.15) is 6.07 Å². The van der Waals surface area contributed by atoms with Crippen molar-refractivity contribution in [2.75, 3.05) is 7.11 Å². The average Bonchev–Trinajstić information content (AvgIpc) is 2.35. The number of aromatic nitrogens is 1. The third kappa shape index (κ3) is 2.58. The fraction of sp³-hybridized carbons (Fsp3) is 0.300. The second-order valence-electron chi connectivity index (χ2n) is 2.94. The lowest BCUT2D eigenvalue weighted by Crippen LogP contribution is -2.11. The van der Waals surface area contributed by atoms with Crippen molar-refractivity contribution in [2.24, 2.45) is 0 Å². The first-order valence-corrected chi connectivity index (χ1v) is 5.53. The summed E-state index contributed by atoms with van der Waals surface area (Å²) in [7, 11) is 1.07. The maximum atomic E-state index is 12.9. The van der Waals surface area contributed by atoms with Crippen molar-refractivity contribution in [3.63, 3.8) is 0 Å². The first-order valence-electron chi connectivity index (χ1n) is 4.41. The van der Waals surface area contributed by atoms with Crippen molar-refractivity contribution in [1.82, 2.24) is 4.98 Å². The molecule has 1 aromatic heterocycles. The standard InChI is InChI=1S/C10H7BrF2N2O2/c1-17-10(16)6-4-15-7(2-11)5(3-14)8(6)9(12)13/h4,9H,2H2,1H3. The number of methoxy groups -OCH3 is 1. The summed E-state index contributed by atoms with van der Waals surface area (Å²) in [5, 5.41) is 9.01. The summed E-state index contributed by atoms with van der Waals surface area (Å²) in [4.78, 5) is 15.1. The molecular weight excluding hydrogens is 298 g/mol. The number of nitriles is 1. The highest BCUT2D eigenvalue weighted by Gasteiger charge is 2.25. The molecule has 0 unspecified atom stereocenters. The van der Waals surface area contributed by atoms with Crippen molar-refractivity contribution in [1.29, 1.82) is 5.26 Å². The first kappa shape index (κ1) is 13.5. The van der Waals surface area contributed by atoms with Crippen LogP contribution in [0.15, 0.2) is 6.20 Å². The molecule has 0 bridgehead atoms. The van der Waals surface area contributed by atoms with E-state index in [2.05, 4.69) is 25.7 Å². The van der Waals surface area contributed by atoms with Crippen LogP contribution in [0.25, 0.3) is 0 Å². The molecule has 0 aliphatic heterocycles. The summed E-state index contributed by atoms with van der Waals surface area (Å²) < 4.78 is 30.1. The Kier molecular flexibility index (Phi) is 4.52. The van der Waals surface area contributed by atoms with Crippen molar-refractivity contribution in [3.05, 3.63) is 28.6 Å². The van der Waals surface area contributed by atoms with Gasteiger partial charge in [-0.2, -0.15) is 5.26 Å². The Bertz CT molecular complexity index is 486. The van der Waals surface area contributed by atoms with Crippen LogP contribution < -0.4 is 0 Å². The molecule has 1 aromatic rings. The van der Waals surface area contributed by atoms with E-state index in [9.17, 15) is 13.6 Å². The third-order valence-electron chi connectivity index (χ3n) is 2.06. The molecule has 0 fully saturated rings. The van der Waals surface area contributed by atoms with Crippen LogP contribution in [0.3, 0.4) is 0 Å². The van der Waals surface area contributed by atoms with E-state index in [4.69, 9.17) is 5.26 Å². The number of hydrogen-bond donors (Lipinski definition) is 0. The number of alkyl halides is 3. The quantitative estimate of drug-likeness (QED) is 0.636. The van der Waals surface area contributed by atoms with E-state index in [1.165, 1.54) is 0 Å². The molecule has 4 nitrogen and oxygen atoms in total. The van der Waals surface area contributed by atoms with Gasteiger partial charge in [0, 0.05) is 11.5 Å².